The lowest BCUT2D eigenvalue weighted by molar-refractivity contribution is -0.119. The molecule has 1 aromatic carbocycles. The van der Waals surface area contributed by atoms with Crippen LogP contribution in [0.2, 0.25) is 0 Å². The van der Waals surface area contributed by atoms with Gasteiger partial charge in [0.15, 0.2) is 5.76 Å². The number of hydrogen-bond donors (Lipinski definition) is 1. The van der Waals surface area contributed by atoms with Crippen LogP contribution < -0.4 is 10.1 Å². The van der Waals surface area contributed by atoms with E-state index in [1.54, 1.807) is 17.0 Å². The van der Waals surface area contributed by atoms with E-state index in [0.29, 0.717) is 24.8 Å². The summed E-state index contributed by atoms with van der Waals surface area (Å²) in [7, 11) is 0. The lowest BCUT2D eigenvalue weighted by Gasteiger charge is -2.23. The van der Waals surface area contributed by atoms with E-state index in [2.05, 4.69) is 5.32 Å². The van der Waals surface area contributed by atoms with Crippen molar-refractivity contribution < 1.29 is 18.7 Å². The van der Waals surface area contributed by atoms with E-state index in [9.17, 15) is 9.59 Å². The van der Waals surface area contributed by atoms with Gasteiger partial charge in [-0.15, -0.1) is 0 Å². The van der Waals surface area contributed by atoms with Crippen LogP contribution in [0.5, 0.6) is 5.75 Å². The molecule has 1 aromatic heterocycles. The second-order valence-electron chi connectivity index (χ2n) is 7.17. The number of furan rings is 1. The summed E-state index contributed by atoms with van der Waals surface area (Å²) < 4.78 is 11.1. The minimum Gasteiger partial charge on any atom is -0.490 e. The molecule has 2 aliphatic rings. The third kappa shape index (κ3) is 3.99. The predicted octanol–water partition coefficient (Wildman–Crippen LogP) is 3.84. The molecular weight excluding hydrogens is 344 g/mol. The van der Waals surface area contributed by atoms with Gasteiger partial charge in [-0.05, 0) is 74.9 Å². The number of anilines is 1. The predicted molar refractivity (Wildman–Crippen MR) is 101 cm³/mol. The molecule has 142 valence electrons. The van der Waals surface area contributed by atoms with Crippen LogP contribution in [-0.2, 0) is 4.79 Å². The molecule has 0 radical (unpaired) electrons. The van der Waals surface area contributed by atoms with E-state index in [1.165, 1.54) is 19.1 Å². The molecule has 2 amide bonds. The van der Waals surface area contributed by atoms with E-state index in [-0.39, 0.29) is 17.6 Å². The van der Waals surface area contributed by atoms with Gasteiger partial charge in [-0.3, -0.25) is 9.59 Å². The smallest absolute Gasteiger partial charge is 0.290 e. The Morgan fingerprint density at radius 1 is 1.04 bits per heavy atom. The standard InChI is InChI=1S/C21H24N2O4/c24-20(18-7-3-13-23(18)21(25)19-8-4-14-26-19)22-15-9-11-17(12-10-15)27-16-5-1-2-6-16/h4,8-12,14,16,18H,1-3,5-7,13H2,(H,22,24). The monoisotopic (exact) mass is 368 g/mol. The quantitative estimate of drug-likeness (QED) is 0.870. The number of carbonyl (C=O) groups excluding carboxylic acids is 2. The fourth-order valence-corrected chi connectivity index (χ4v) is 3.87. The van der Waals surface area contributed by atoms with E-state index in [4.69, 9.17) is 9.15 Å². The van der Waals surface area contributed by atoms with Crippen molar-refractivity contribution in [2.75, 3.05) is 11.9 Å². The summed E-state index contributed by atoms with van der Waals surface area (Å²) in [5, 5.41) is 2.92. The zero-order valence-electron chi connectivity index (χ0n) is 15.2. The molecule has 1 aliphatic heterocycles. The third-order valence-electron chi connectivity index (χ3n) is 5.28. The van der Waals surface area contributed by atoms with Gasteiger partial charge < -0.3 is 19.4 Å². The van der Waals surface area contributed by atoms with Gasteiger partial charge in [0.2, 0.25) is 5.91 Å². The highest BCUT2D eigenvalue weighted by Gasteiger charge is 2.35. The lowest BCUT2D eigenvalue weighted by Crippen LogP contribution is -2.43. The van der Waals surface area contributed by atoms with Crippen molar-refractivity contribution in [2.45, 2.75) is 50.7 Å². The third-order valence-corrected chi connectivity index (χ3v) is 5.28. The van der Waals surface area contributed by atoms with E-state index in [0.717, 1.165) is 25.0 Å². The van der Waals surface area contributed by atoms with Crippen LogP contribution >= 0.6 is 0 Å². The first kappa shape index (κ1) is 17.6. The number of likely N-dealkylation sites (tertiary alicyclic amines) is 1. The lowest BCUT2D eigenvalue weighted by atomic mass is 10.2. The van der Waals surface area contributed by atoms with Crippen LogP contribution in [0.4, 0.5) is 5.69 Å². The van der Waals surface area contributed by atoms with Crippen LogP contribution in [0.25, 0.3) is 0 Å². The van der Waals surface area contributed by atoms with Gasteiger partial charge in [0.1, 0.15) is 11.8 Å². The van der Waals surface area contributed by atoms with Crippen molar-refractivity contribution >= 4 is 17.5 Å². The van der Waals surface area contributed by atoms with Crippen molar-refractivity contribution in [3.8, 4) is 5.75 Å². The zero-order valence-corrected chi connectivity index (χ0v) is 15.2. The highest BCUT2D eigenvalue weighted by atomic mass is 16.5. The van der Waals surface area contributed by atoms with Gasteiger partial charge >= 0.3 is 0 Å². The molecule has 1 N–H and O–H groups in total. The Kier molecular flexibility index (Phi) is 5.14. The number of nitrogens with zero attached hydrogens (tertiary/aromatic N) is 1. The van der Waals surface area contributed by atoms with Crippen molar-refractivity contribution in [3.63, 3.8) is 0 Å². The van der Waals surface area contributed by atoms with Crippen LogP contribution in [0.1, 0.15) is 49.1 Å². The summed E-state index contributed by atoms with van der Waals surface area (Å²) in [6.07, 6.45) is 7.92. The van der Waals surface area contributed by atoms with Gasteiger partial charge in [-0.25, -0.2) is 0 Å². The molecule has 1 atom stereocenters. The molecule has 6 heteroatoms. The Morgan fingerprint density at radius 2 is 1.81 bits per heavy atom. The van der Waals surface area contributed by atoms with Crippen molar-refractivity contribution in [1.29, 1.82) is 0 Å². The molecule has 1 unspecified atom stereocenters. The van der Waals surface area contributed by atoms with E-state index >= 15 is 0 Å². The number of hydrogen-bond acceptors (Lipinski definition) is 4. The molecule has 2 aromatic rings. The molecule has 27 heavy (non-hydrogen) atoms. The minimum atomic E-state index is -0.475. The molecule has 1 aliphatic carbocycles. The van der Waals surface area contributed by atoms with Gasteiger partial charge in [0.25, 0.3) is 5.91 Å². The second-order valence-corrected chi connectivity index (χ2v) is 7.17. The molecule has 0 bridgehead atoms. The number of amides is 2. The van der Waals surface area contributed by atoms with Gasteiger partial charge in [-0.2, -0.15) is 0 Å². The maximum Gasteiger partial charge on any atom is 0.290 e. The first-order valence-electron chi connectivity index (χ1n) is 9.63. The van der Waals surface area contributed by atoms with Crippen LogP contribution in [0.3, 0.4) is 0 Å². The molecule has 6 nitrogen and oxygen atoms in total. The number of rotatable bonds is 5. The Hall–Kier alpha value is -2.76. The summed E-state index contributed by atoms with van der Waals surface area (Å²) in [6.45, 7) is 0.561. The Morgan fingerprint density at radius 3 is 2.52 bits per heavy atom. The Labute approximate surface area is 158 Å². The maximum absolute atomic E-state index is 12.7. The van der Waals surface area contributed by atoms with Crippen LogP contribution in [0.15, 0.2) is 47.1 Å². The van der Waals surface area contributed by atoms with Gasteiger partial charge in [-0.1, -0.05) is 0 Å². The summed E-state index contributed by atoms with van der Waals surface area (Å²) in [4.78, 5) is 26.8. The molecular formula is C21H24N2O4. The highest BCUT2D eigenvalue weighted by molar-refractivity contribution is 6.00. The number of nitrogens with one attached hydrogen (secondary N) is 1. The SMILES string of the molecule is O=C(Nc1ccc(OC2CCCC2)cc1)C1CCCN1C(=O)c1ccco1. The Bertz CT molecular complexity index is 779. The first-order chi connectivity index (χ1) is 13.2. The summed E-state index contributed by atoms with van der Waals surface area (Å²) in [6, 6.07) is 10.3. The average molecular weight is 368 g/mol. The van der Waals surface area contributed by atoms with Crippen LogP contribution in [-0.4, -0.2) is 35.4 Å². The second kappa shape index (κ2) is 7.86. The molecule has 1 saturated carbocycles. The highest BCUT2D eigenvalue weighted by Crippen LogP contribution is 2.26. The molecule has 1 saturated heterocycles. The summed E-state index contributed by atoms with van der Waals surface area (Å²) in [5.41, 5.74) is 0.705. The first-order valence-corrected chi connectivity index (χ1v) is 9.63. The van der Waals surface area contributed by atoms with E-state index < -0.39 is 6.04 Å². The summed E-state index contributed by atoms with van der Waals surface area (Å²) in [5.74, 6) is 0.688. The van der Waals surface area contributed by atoms with E-state index in [1.807, 2.05) is 24.3 Å². The number of carbonyl (C=O) groups is 2. The van der Waals surface area contributed by atoms with Gasteiger partial charge in [0.05, 0.1) is 12.4 Å². The fraction of sp³-hybridized carbons (Fsp3) is 0.429. The van der Waals surface area contributed by atoms with Crippen LogP contribution in [0, 0.1) is 0 Å². The number of benzene rings is 1. The van der Waals surface area contributed by atoms with Crippen molar-refractivity contribution in [2.24, 2.45) is 0 Å². The molecule has 2 fully saturated rings. The molecule has 0 spiro atoms. The van der Waals surface area contributed by atoms with Crippen molar-refractivity contribution in [3.05, 3.63) is 48.4 Å². The Balaban J connectivity index is 1.37. The summed E-state index contributed by atoms with van der Waals surface area (Å²) >= 11 is 0. The largest absolute Gasteiger partial charge is 0.490 e. The normalized spacial score (nSPS) is 20.0. The van der Waals surface area contributed by atoms with Gasteiger partial charge in [0, 0.05) is 12.2 Å². The molecule has 2 heterocycles. The zero-order chi connectivity index (χ0) is 18.6. The number of ether oxygens (including phenoxy) is 1. The maximum atomic E-state index is 12.7. The topological polar surface area (TPSA) is 71.8 Å². The van der Waals surface area contributed by atoms with Crippen molar-refractivity contribution in [1.82, 2.24) is 4.90 Å². The minimum absolute atomic E-state index is 0.170. The molecule has 4 rings (SSSR count). The fourth-order valence-electron chi connectivity index (χ4n) is 3.87. The average Bonchev–Trinajstić information content (AvgIpc) is 3.44.